The van der Waals surface area contributed by atoms with Crippen molar-refractivity contribution in [2.24, 2.45) is 0 Å². The molecule has 0 amide bonds. The lowest BCUT2D eigenvalue weighted by molar-refractivity contribution is -0.140. The third kappa shape index (κ3) is 16.1. The average Bonchev–Trinajstić information content (AvgIpc) is 3.55. The number of nitrogens with zero attached hydrogens (tertiary/aromatic N) is 2. The molecule has 0 aromatic heterocycles. The van der Waals surface area contributed by atoms with Crippen molar-refractivity contribution in [2.45, 2.75) is 120 Å². The molecule has 0 radical (unpaired) electrons. The van der Waals surface area contributed by atoms with Gasteiger partial charge in [-0.15, -0.1) is 0 Å². The van der Waals surface area contributed by atoms with E-state index in [1.807, 2.05) is 6.08 Å². The quantitative estimate of drug-likeness (QED) is 0.0721. The van der Waals surface area contributed by atoms with Crippen molar-refractivity contribution < 1.29 is 27.6 Å². The van der Waals surface area contributed by atoms with Gasteiger partial charge in [-0.1, -0.05) is 133 Å². The van der Waals surface area contributed by atoms with Crippen LogP contribution in [0.4, 0.5) is 0 Å². The summed E-state index contributed by atoms with van der Waals surface area (Å²) in [4.78, 5) is 15.8. The lowest BCUT2D eigenvalue weighted by Crippen LogP contribution is -2.42. The molecular weight excluding hydrogens is 625 g/mol. The van der Waals surface area contributed by atoms with Gasteiger partial charge >= 0.3 is 5.97 Å². The zero-order chi connectivity index (χ0) is 35.2. The molecule has 0 bridgehead atoms. The SMILES string of the molecule is C=Cc1ccc(CN2C=CN(C(CCCCCCCC(=O)OC)C(O)CCCCCCCC)C2)cc1.C=Cc1ccc(S(=O)(=O)O)cc1. The number of hydrogen-bond acceptors (Lipinski definition) is 7. The van der Waals surface area contributed by atoms with Crippen LogP contribution in [0.5, 0.6) is 0 Å². The smallest absolute Gasteiger partial charge is 0.305 e. The second-order valence-electron chi connectivity index (χ2n) is 12.5. The van der Waals surface area contributed by atoms with E-state index in [1.165, 1.54) is 56.9 Å². The van der Waals surface area contributed by atoms with E-state index in [0.29, 0.717) is 6.42 Å². The third-order valence-electron chi connectivity index (χ3n) is 8.66. The van der Waals surface area contributed by atoms with Crippen molar-refractivity contribution in [3.8, 4) is 0 Å². The molecule has 266 valence electrons. The highest BCUT2D eigenvalue weighted by atomic mass is 32.2. The molecule has 0 fully saturated rings. The van der Waals surface area contributed by atoms with Crippen LogP contribution in [0.2, 0.25) is 0 Å². The van der Waals surface area contributed by atoms with E-state index in [0.717, 1.165) is 75.7 Å². The molecule has 3 rings (SSSR count). The molecule has 0 saturated heterocycles. The maximum absolute atomic E-state index is 11.3. The summed E-state index contributed by atoms with van der Waals surface area (Å²) >= 11 is 0. The zero-order valence-electron chi connectivity index (χ0n) is 29.1. The first kappa shape index (κ1) is 40.8. The number of unbranched alkanes of at least 4 members (excludes halogenated alkanes) is 9. The molecule has 2 aromatic carbocycles. The number of carbonyl (C=O) groups is 1. The van der Waals surface area contributed by atoms with Gasteiger partial charge in [0.25, 0.3) is 10.1 Å². The van der Waals surface area contributed by atoms with E-state index < -0.39 is 10.1 Å². The number of rotatable bonds is 22. The Morgan fingerprint density at radius 3 is 1.94 bits per heavy atom. The van der Waals surface area contributed by atoms with Crippen molar-refractivity contribution in [1.29, 1.82) is 0 Å². The Labute approximate surface area is 289 Å². The van der Waals surface area contributed by atoms with Crippen LogP contribution < -0.4 is 0 Å². The maximum atomic E-state index is 11.3. The molecule has 1 aliphatic heterocycles. The van der Waals surface area contributed by atoms with E-state index in [9.17, 15) is 18.3 Å². The largest absolute Gasteiger partial charge is 0.469 e. The predicted octanol–water partition coefficient (Wildman–Crippen LogP) is 8.84. The summed E-state index contributed by atoms with van der Waals surface area (Å²) < 4.78 is 34.4. The Morgan fingerprint density at radius 1 is 0.833 bits per heavy atom. The van der Waals surface area contributed by atoms with Crippen molar-refractivity contribution in [2.75, 3.05) is 13.8 Å². The predicted molar refractivity (Wildman–Crippen MR) is 196 cm³/mol. The maximum Gasteiger partial charge on any atom is 0.305 e. The Hall–Kier alpha value is -3.40. The van der Waals surface area contributed by atoms with Gasteiger partial charge in [-0.3, -0.25) is 9.35 Å². The molecular formula is C39H58N2O6S. The Bertz CT molecular complexity index is 1340. The Kier molecular flexibility index (Phi) is 19.6. The molecule has 2 aromatic rings. The van der Waals surface area contributed by atoms with Crippen LogP contribution >= 0.6 is 0 Å². The molecule has 0 spiro atoms. The van der Waals surface area contributed by atoms with Gasteiger partial charge in [0.05, 0.1) is 30.8 Å². The van der Waals surface area contributed by atoms with Gasteiger partial charge in [0.1, 0.15) is 0 Å². The van der Waals surface area contributed by atoms with E-state index in [1.54, 1.807) is 18.2 Å². The molecule has 9 heteroatoms. The van der Waals surface area contributed by atoms with E-state index in [4.69, 9.17) is 9.29 Å². The number of aliphatic hydroxyl groups is 1. The summed E-state index contributed by atoms with van der Waals surface area (Å²) in [7, 11) is -2.61. The van der Waals surface area contributed by atoms with E-state index in [-0.39, 0.29) is 23.0 Å². The molecule has 1 aliphatic rings. The highest BCUT2D eigenvalue weighted by molar-refractivity contribution is 7.85. The van der Waals surface area contributed by atoms with Crippen LogP contribution in [0.25, 0.3) is 12.2 Å². The van der Waals surface area contributed by atoms with Crippen LogP contribution in [0, 0.1) is 0 Å². The van der Waals surface area contributed by atoms with Crippen LogP contribution in [0.15, 0.2) is 79.0 Å². The first-order chi connectivity index (χ1) is 23.1. The minimum atomic E-state index is -4.06. The number of methoxy groups -OCH3 is 1. The number of aliphatic hydroxyl groups excluding tert-OH is 1. The van der Waals surface area contributed by atoms with E-state index >= 15 is 0 Å². The normalized spacial score (nSPS) is 13.8. The third-order valence-corrected chi connectivity index (χ3v) is 9.53. The van der Waals surface area contributed by atoms with Gasteiger partial charge in [-0.05, 0) is 48.1 Å². The molecule has 8 nitrogen and oxygen atoms in total. The number of hydrogen-bond donors (Lipinski definition) is 2. The summed E-state index contributed by atoms with van der Waals surface area (Å²) in [5, 5.41) is 11.2. The summed E-state index contributed by atoms with van der Waals surface area (Å²) in [6, 6.07) is 14.5. The number of benzene rings is 2. The van der Waals surface area contributed by atoms with Crippen molar-refractivity contribution in [3.05, 3.63) is 90.8 Å². The monoisotopic (exact) mass is 682 g/mol. The highest BCUT2D eigenvalue weighted by Gasteiger charge is 2.27. The fraction of sp³-hybridized carbons (Fsp3) is 0.513. The molecule has 2 N–H and O–H groups in total. The lowest BCUT2D eigenvalue weighted by Gasteiger charge is -2.33. The van der Waals surface area contributed by atoms with Crippen LogP contribution in [0.1, 0.15) is 114 Å². The minimum absolute atomic E-state index is 0.104. The van der Waals surface area contributed by atoms with Gasteiger partial charge in [0.2, 0.25) is 0 Å². The van der Waals surface area contributed by atoms with Gasteiger partial charge in [0, 0.05) is 25.4 Å². The minimum Gasteiger partial charge on any atom is -0.469 e. The second-order valence-corrected chi connectivity index (χ2v) is 13.9. The number of carbonyl (C=O) groups excluding carboxylic acids is 1. The Balaban J connectivity index is 0.000000558. The van der Waals surface area contributed by atoms with Gasteiger partial charge in [-0.2, -0.15) is 8.42 Å². The number of ether oxygens (including phenoxy) is 1. The van der Waals surface area contributed by atoms with E-state index in [2.05, 4.69) is 66.5 Å². The van der Waals surface area contributed by atoms with Gasteiger partial charge < -0.3 is 19.6 Å². The lowest BCUT2D eigenvalue weighted by atomic mass is 9.96. The van der Waals surface area contributed by atoms with Crippen LogP contribution in [-0.4, -0.2) is 59.8 Å². The fourth-order valence-electron chi connectivity index (χ4n) is 5.73. The fourth-order valence-corrected chi connectivity index (χ4v) is 6.21. The first-order valence-corrected chi connectivity index (χ1v) is 18.9. The standard InChI is InChI=1S/C31H50N2O3.C8H8O3S/c1-4-6-7-8-11-14-17-30(34)29(16-13-10-9-12-15-18-31(35)36-3)33-24-23-32(26-33)25-28-21-19-27(5-2)20-22-28;1-2-7-3-5-8(6-4-7)12(9,10)11/h5,19-24,29-30,34H,2,4,6-18,25-26H2,1,3H3;2-6H,1H2,(H,9,10,11). The Morgan fingerprint density at radius 2 is 1.38 bits per heavy atom. The molecule has 2 atom stereocenters. The molecule has 48 heavy (non-hydrogen) atoms. The second kappa shape index (κ2) is 23.0. The van der Waals surface area contributed by atoms with Gasteiger partial charge in [0.15, 0.2) is 0 Å². The van der Waals surface area contributed by atoms with Crippen molar-refractivity contribution >= 4 is 28.2 Å². The summed E-state index contributed by atoms with van der Waals surface area (Å²) in [5.41, 5.74) is 3.23. The molecule has 1 heterocycles. The van der Waals surface area contributed by atoms with Crippen LogP contribution in [0.3, 0.4) is 0 Å². The first-order valence-electron chi connectivity index (χ1n) is 17.5. The van der Waals surface area contributed by atoms with Crippen molar-refractivity contribution in [1.82, 2.24) is 9.80 Å². The molecule has 2 unspecified atom stereocenters. The van der Waals surface area contributed by atoms with Crippen molar-refractivity contribution in [3.63, 3.8) is 0 Å². The number of esters is 1. The molecule has 0 saturated carbocycles. The summed E-state index contributed by atoms with van der Waals surface area (Å²) in [6.07, 6.45) is 22.7. The summed E-state index contributed by atoms with van der Waals surface area (Å²) in [5.74, 6) is -0.116. The topological polar surface area (TPSA) is 107 Å². The summed E-state index contributed by atoms with van der Waals surface area (Å²) in [6.45, 7) is 11.3. The average molecular weight is 683 g/mol. The zero-order valence-corrected chi connectivity index (χ0v) is 30.0. The van der Waals surface area contributed by atoms with Crippen LogP contribution in [-0.2, 0) is 26.2 Å². The highest BCUT2D eigenvalue weighted by Crippen LogP contribution is 2.24. The molecule has 0 aliphatic carbocycles. The van der Waals surface area contributed by atoms with Gasteiger partial charge in [-0.25, -0.2) is 0 Å².